The number of hydrogen-bond donors (Lipinski definition) is 1. The van der Waals surface area contributed by atoms with Crippen LogP contribution < -0.4 is 20.1 Å². The van der Waals surface area contributed by atoms with Crippen molar-refractivity contribution in [2.45, 2.75) is 18.9 Å². The highest BCUT2D eigenvalue weighted by Crippen LogP contribution is 2.40. The Kier molecular flexibility index (Phi) is 6.85. The van der Waals surface area contributed by atoms with Crippen LogP contribution in [-0.2, 0) is 0 Å². The number of methoxy groups -OCH3 is 2. The maximum Gasteiger partial charge on any atom is 0.264 e. The SMILES string of the molecule is COc1ccc(C(CCCN)N2C(=O)c3cccc(N4CCN(C)CC4)c3C2=O)cc1OC. The number of amides is 2. The normalized spacial score (nSPS) is 17.3. The van der Waals surface area contributed by atoms with E-state index >= 15 is 0 Å². The summed E-state index contributed by atoms with van der Waals surface area (Å²) in [5.74, 6) is 0.644. The van der Waals surface area contributed by atoms with E-state index in [1.807, 2.05) is 24.3 Å². The second-order valence-corrected chi connectivity index (χ2v) is 8.53. The number of carbonyl (C=O) groups is 2. The molecule has 8 nitrogen and oxygen atoms in total. The number of imide groups is 1. The second-order valence-electron chi connectivity index (χ2n) is 8.53. The zero-order valence-electron chi connectivity index (χ0n) is 19.5. The number of carbonyl (C=O) groups excluding carboxylic acids is 2. The molecule has 2 aliphatic rings. The fraction of sp³-hybridized carbons (Fsp3) is 0.440. The Hall–Kier alpha value is -3.10. The Morgan fingerprint density at radius 3 is 2.36 bits per heavy atom. The molecule has 33 heavy (non-hydrogen) atoms. The third-order valence-electron chi connectivity index (χ3n) is 6.55. The molecule has 4 rings (SSSR count). The van der Waals surface area contributed by atoms with Crippen LogP contribution in [-0.4, -0.2) is 75.6 Å². The van der Waals surface area contributed by atoms with Gasteiger partial charge in [0.2, 0.25) is 0 Å². The number of ether oxygens (including phenoxy) is 2. The maximum atomic E-state index is 13.8. The van der Waals surface area contributed by atoms with E-state index in [4.69, 9.17) is 15.2 Å². The van der Waals surface area contributed by atoms with Crippen LogP contribution in [0.15, 0.2) is 36.4 Å². The summed E-state index contributed by atoms with van der Waals surface area (Å²) in [7, 11) is 5.24. The first kappa shape index (κ1) is 23.1. The van der Waals surface area contributed by atoms with Crippen LogP contribution in [0.25, 0.3) is 0 Å². The van der Waals surface area contributed by atoms with Gasteiger partial charge in [0.05, 0.1) is 37.1 Å². The van der Waals surface area contributed by atoms with Gasteiger partial charge in [-0.1, -0.05) is 12.1 Å². The Labute approximate surface area is 194 Å². The molecule has 1 atom stereocenters. The molecule has 1 fully saturated rings. The van der Waals surface area contributed by atoms with Gasteiger partial charge >= 0.3 is 0 Å². The molecule has 0 spiro atoms. The molecule has 2 N–H and O–H groups in total. The van der Waals surface area contributed by atoms with Crippen molar-refractivity contribution in [1.82, 2.24) is 9.80 Å². The van der Waals surface area contributed by atoms with E-state index in [9.17, 15) is 9.59 Å². The smallest absolute Gasteiger partial charge is 0.264 e. The van der Waals surface area contributed by atoms with E-state index in [-0.39, 0.29) is 11.8 Å². The van der Waals surface area contributed by atoms with Crippen molar-refractivity contribution in [2.75, 3.05) is 58.9 Å². The summed E-state index contributed by atoms with van der Waals surface area (Å²) in [5.41, 5.74) is 8.43. The van der Waals surface area contributed by atoms with Crippen LogP contribution in [0.3, 0.4) is 0 Å². The Bertz CT molecular complexity index is 1030. The average Bonchev–Trinajstić information content (AvgIpc) is 3.10. The predicted octanol–water partition coefficient (Wildman–Crippen LogP) is 2.53. The van der Waals surface area contributed by atoms with Gasteiger partial charge < -0.3 is 25.0 Å². The zero-order chi connectivity index (χ0) is 23.5. The lowest BCUT2D eigenvalue weighted by Gasteiger charge is -2.35. The average molecular weight is 453 g/mol. The van der Waals surface area contributed by atoms with E-state index in [0.29, 0.717) is 42.0 Å². The quantitative estimate of drug-likeness (QED) is 0.616. The van der Waals surface area contributed by atoms with Gasteiger partial charge in [0.15, 0.2) is 11.5 Å². The molecule has 0 aliphatic carbocycles. The highest BCUT2D eigenvalue weighted by atomic mass is 16.5. The van der Waals surface area contributed by atoms with Crippen LogP contribution >= 0.6 is 0 Å². The number of rotatable bonds is 8. The predicted molar refractivity (Wildman–Crippen MR) is 127 cm³/mol. The fourth-order valence-corrected chi connectivity index (χ4v) is 4.70. The van der Waals surface area contributed by atoms with Gasteiger partial charge in [-0.05, 0) is 56.3 Å². The molecular formula is C25H32N4O4. The van der Waals surface area contributed by atoms with Crippen molar-refractivity contribution in [3.05, 3.63) is 53.1 Å². The number of likely N-dealkylation sites (N-methyl/N-ethyl adjacent to an activating group) is 1. The molecular weight excluding hydrogens is 420 g/mol. The van der Waals surface area contributed by atoms with E-state index < -0.39 is 6.04 Å². The lowest BCUT2D eigenvalue weighted by Crippen LogP contribution is -2.45. The molecule has 1 unspecified atom stereocenters. The first-order valence-corrected chi connectivity index (χ1v) is 11.4. The van der Waals surface area contributed by atoms with E-state index in [0.717, 1.165) is 37.4 Å². The van der Waals surface area contributed by atoms with Gasteiger partial charge in [-0.2, -0.15) is 0 Å². The highest BCUT2D eigenvalue weighted by molar-refractivity contribution is 6.24. The Morgan fingerprint density at radius 2 is 1.70 bits per heavy atom. The van der Waals surface area contributed by atoms with Gasteiger partial charge in [0, 0.05) is 26.2 Å². The number of hydrogen-bond acceptors (Lipinski definition) is 7. The number of nitrogens with zero attached hydrogens (tertiary/aromatic N) is 3. The Morgan fingerprint density at radius 1 is 0.970 bits per heavy atom. The molecule has 2 amide bonds. The van der Waals surface area contributed by atoms with Crippen LogP contribution in [0, 0.1) is 0 Å². The van der Waals surface area contributed by atoms with Crippen LogP contribution in [0.1, 0.15) is 45.2 Å². The minimum atomic E-state index is -0.443. The molecule has 1 saturated heterocycles. The molecule has 176 valence electrons. The Balaban J connectivity index is 1.72. The molecule has 2 aromatic rings. The lowest BCUT2D eigenvalue weighted by molar-refractivity contribution is 0.0572. The number of anilines is 1. The molecule has 0 aromatic heterocycles. The van der Waals surface area contributed by atoms with Crippen molar-refractivity contribution in [2.24, 2.45) is 5.73 Å². The van der Waals surface area contributed by atoms with Crippen LogP contribution in [0.2, 0.25) is 0 Å². The van der Waals surface area contributed by atoms with Gasteiger partial charge in [0.25, 0.3) is 11.8 Å². The summed E-state index contributed by atoms with van der Waals surface area (Å²) < 4.78 is 10.8. The first-order valence-electron chi connectivity index (χ1n) is 11.4. The van der Waals surface area contributed by atoms with Crippen molar-refractivity contribution in [3.8, 4) is 11.5 Å². The summed E-state index contributed by atoms with van der Waals surface area (Å²) >= 11 is 0. The number of fused-ring (bicyclic) bond motifs is 1. The summed E-state index contributed by atoms with van der Waals surface area (Å²) in [6.07, 6.45) is 1.25. The number of nitrogens with two attached hydrogens (primary N) is 1. The monoisotopic (exact) mass is 452 g/mol. The highest BCUT2D eigenvalue weighted by Gasteiger charge is 2.42. The lowest BCUT2D eigenvalue weighted by atomic mass is 9.99. The fourth-order valence-electron chi connectivity index (χ4n) is 4.70. The first-order chi connectivity index (χ1) is 16.0. The molecule has 2 heterocycles. The summed E-state index contributed by atoms with van der Waals surface area (Å²) in [6.45, 7) is 3.95. The van der Waals surface area contributed by atoms with E-state index in [1.54, 1.807) is 26.4 Å². The van der Waals surface area contributed by atoms with Gasteiger partial charge in [-0.25, -0.2) is 0 Å². The summed E-state index contributed by atoms with van der Waals surface area (Å²) in [6, 6.07) is 10.7. The maximum absolute atomic E-state index is 13.8. The molecule has 2 aromatic carbocycles. The standard InChI is InChI=1S/C25H32N4O4/c1-27-12-14-28(15-13-27)20-7-4-6-18-23(20)25(31)29(24(18)30)19(8-5-11-26)17-9-10-21(32-2)22(16-17)33-3/h4,6-7,9-10,16,19H,5,8,11-15,26H2,1-3H3. The zero-order valence-corrected chi connectivity index (χ0v) is 19.5. The largest absolute Gasteiger partial charge is 0.493 e. The summed E-state index contributed by atoms with van der Waals surface area (Å²) in [4.78, 5) is 33.2. The second kappa shape index (κ2) is 9.80. The van der Waals surface area contributed by atoms with Gasteiger partial charge in [-0.3, -0.25) is 14.5 Å². The van der Waals surface area contributed by atoms with E-state index in [2.05, 4.69) is 16.8 Å². The van der Waals surface area contributed by atoms with Crippen molar-refractivity contribution in [3.63, 3.8) is 0 Å². The number of piperazine rings is 1. The van der Waals surface area contributed by atoms with Crippen molar-refractivity contribution < 1.29 is 19.1 Å². The third-order valence-corrected chi connectivity index (χ3v) is 6.55. The van der Waals surface area contributed by atoms with Gasteiger partial charge in [-0.15, -0.1) is 0 Å². The van der Waals surface area contributed by atoms with Crippen molar-refractivity contribution >= 4 is 17.5 Å². The molecule has 0 radical (unpaired) electrons. The van der Waals surface area contributed by atoms with Gasteiger partial charge in [0.1, 0.15) is 0 Å². The van der Waals surface area contributed by atoms with Crippen LogP contribution in [0.4, 0.5) is 5.69 Å². The molecule has 2 aliphatic heterocycles. The molecule has 0 saturated carbocycles. The topological polar surface area (TPSA) is 88.3 Å². The summed E-state index contributed by atoms with van der Waals surface area (Å²) in [5, 5.41) is 0. The van der Waals surface area contributed by atoms with Crippen LogP contribution in [0.5, 0.6) is 11.5 Å². The molecule has 8 heteroatoms. The third kappa shape index (κ3) is 4.28. The minimum Gasteiger partial charge on any atom is -0.493 e. The van der Waals surface area contributed by atoms with Crippen molar-refractivity contribution in [1.29, 1.82) is 0 Å². The van der Waals surface area contributed by atoms with E-state index in [1.165, 1.54) is 4.90 Å². The molecule has 0 bridgehead atoms. The minimum absolute atomic E-state index is 0.249. The number of benzene rings is 2.